The maximum atomic E-state index is 14.4. The molecule has 0 fully saturated rings. The zero-order valence-corrected chi connectivity index (χ0v) is 35.3. The second-order valence-electron chi connectivity index (χ2n) is 15.8. The average molecular weight is 811 g/mol. The first-order valence-corrected chi connectivity index (χ1v) is 19.3. The Bertz CT molecular complexity index is 2010. The summed E-state index contributed by atoms with van der Waals surface area (Å²) in [6.07, 6.45) is 3.58. The van der Waals surface area contributed by atoms with E-state index in [0.29, 0.717) is 0 Å². The molecule has 5 bridgehead atoms. The van der Waals surface area contributed by atoms with E-state index in [-0.39, 0.29) is 50.7 Å². The number of ketones is 1. The summed E-state index contributed by atoms with van der Waals surface area (Å²) in [6, 6.07) is 1.10. The van der Waals surface area contributed by atoms with Gasteiger partial charge in [-0.2, -0.15) is 0 Å². The predicted octanol–water partition coefficient (Wildman–Crippen LogP) is 5.29. The summed E-state index contributed by atoms with van der Waals surface area (Å²) in [5.74, 6) is -8.09. The van der Waals surface area contributed by atoms with Crippen LogP contribution in [0.25, 0.3) is 10.8 Å². The molecule has 0 spiro atoms. The lowest BCUT2D eigenvalue weighted by Crippen LogP contribution is -2.46. The number of esters is 1. The van der Waals surface area contributed by atoms with Crippen LogP contribution in [0.3, 0.4) is 0 Å². The number of anilines is 1. The predicted molar refractivity (Wildman–Crippen MR) is 216 cm³/mol. The van der Waals surface area contributed by atoms with Gasteiger partial charge in [0, 0.05) is 80.3 Å². The molecule has 3 aliphatic heterocycles. The highest BCUT2D eigenvalue weighted by atomic mass is 16.7. The highest BCUT2D eigenvalue weighted by Crippen LogP contribution is 2.54. The van der Waals surface area contributed by atoms with Crippen molar-refractivity contribution < 1.29 is 63.3 Å². The van der Waals surface area contributed by atoms with Crippen LogP contribution in [0.1, 0.15) is 78.2 Å². The molecule has 2 aromatic carbocycles. The van der Waals surface area contributed by atoms with Gasteiger partial charge < -0.3 is 54.3 Å². The normalized spacial score (nSPS) is 30.2. The molecule has 318 valence electrons. The van der Waals surface area contributed by atoms with Crippen LogP contribution in [0.15, 0.2) is 42.2 Å². The van der Waals surface area contributed by atoms with Gasteiger partial charge in [-0.15, -0.1) is 0 Å². The number of amides is 2. The third-order valence-electron chi connectivity index (χ3n) is 11.3. The number of hydrogen-bond acceptors (Lipinski definition) is 13. The molecule has 9 atom stereocenters. The van der Waals surface area contributed by atoms with Crippen LogP contribution >= 0.6 is 0 Å². The zero-order chi connectivity index (χ0) is 43.5. The minimum atomic E-state index is -2.02. The van der Waals surface area contributed by atoms with Crippen molar-refractivity contribution in [2.45, 2.75) is 105 Å². The number of rotatable bonds is 6. The molecule has 0 radical (unpaired) electrons. The van der Waals surface area contributed by atoms with Crippen LogP contribution in [-0.4, -0.2) is 106 Å². The van der Waals surface area contributed by atoms with E-state index in [2.05, 4.69) is 5.32 Å². The van der Waals surface area contributed by atoms with Gasteiger partial charge in [-0.3, -0.25) is 19.2 Å². The Labute approximate surface area is 339 Å². The van der Waals surface area contributed by atoms with Gasteiger partial charge in [0.1, 0.15) is 23.4 Å². The summed E-state index contributed by atoms with van der Waals surface area (Å²) in [7, 11) is 3.04. The summed E-state index contributed by atoms with van der Waals surface area (Å²) < 4.78 is 29.7. The summed E-state index contributed by atoms with van der Waals surface area (Å²) in [6.45, 7) is 15.7. The highest BCUT2D eigenvalue weighted by Gasteiger charge is 2.49. The number of nitrogens with zero attached hydrogens (tertiary/aromatic N) is 1. The molecule has 3 heterocycles. The second kappa shape index (κ2) is 18.2. The molecule has 5 N–H and O–H groups in total. The van der Waals surface area contributed by atoms with Crippen LogP contribution in [-0.2, 0) is 28.6 Å². The number of phenols is 2. The van der Waals surface area contributed by atoms with Crippen LogP contribution in [0.5, 0.6) is 23.0 Å². The number of allylic oxidation sites excluding steroid dienone is 2. The molecule has 0 saturated carbocycles. The minimum Gasteiger partial charge on any atom is -0.507 e. The molecule has 58 heavy (non-hydrogen) atoms. The number of Topliss-reactive ketones (excluding diaryl/α,β-unsaturated/α-hetero) is 1. The number of aliphatic hydroxyl groups excluding tert-OH is 2. The number of methoxy groups -OCH3 is 1. The fraction of sp³-hybridized carbons (Fsp3) is 0.535. The van der Waals surface area contributed by atoms with Gasteiger partial charge in [-0.1, -0.05) is 45.9 Å². The number of aromatic hydroxyl groups is 2. The zero-order valence-electron chi connectivity index (χ0n) is 35.3. The van der Waals surface area contributed by atoms with Gasteiger partial charge in [0.2, 0.25) is 0 Å². The quantitative estimate of drug-likeness (QED) is 0.186. The number of ether oxygens (including phenoxy) is 5. The number of carbonyl (C=O) groups is 4. The Balaban J connectivity index is 1.94. The van der Waals surface area contributed by atoms with E-state index in [1.54, 1.807) is 46.9 Å². The fourth-order valence-corrected chi connectivity index (χ4v) is 7.28. The molecule has 0 unspecified atom stereocenters. The lowest BCUT2D eigenvalue weighted by Gasteiger charge is -2.38. The lowest BCUT2D eigenvalue weighted by molar-refractivity contribution is -0.160. The first-order valence-electron chi connectivity index (χ1n) is 19.3. The maximum Gasteiger partial charge on any atom is 0.312 e. The number of carbonyl (C=O) groups excluding carboxylic acids is 4. The molecular weight excluding hydrogens is 752 g/mol. The summed E-state index contributed by atoms with van der Waals surface area (Å²) in [5, 5.41) is 48.3. The van der Waals surface area contributed by atoms with Gasteiger partial charge in [0.15, 0.2) is 12.4 Å². The SMILES string of the molecule is CO[C@H]1/C=C/O[C@@]2(C)Oc3c(C)c(O)c4c(O)c(cc(OCC(=O)N(C)C(C)C)c4c3C2=O)NC(=O)/C(C)=C\C=C\[C@H](C)[C@H](O)[C@@H](C)[C@@H](O)[C@@H](C)[C@H](OC(C)=O)[C@@H]1C. The van der Waals surface area contributed by atoms with E-state index < -0.39 is 95.5 Å². The number of benzene rings is 2. The van der Waals surface area contributed by atoms with Crippen molar-refractivity contribution in [2.24, 2.45) is 23.7 Å². The summed E-state index contributed by atoms with van der Waals surface area (Å²) >= 11 is 0. The largest absolute Gasteiger partial charge is 0.507 e. The van der Waals surface area contributed by atoms with E-state index in [4.69, 9.17) is 23.7 Å². The Hall–Kier alpha value is -5.12. The van der Waals surface area contributed by atoms with Crippen LogP contribution < -0.4 is 14.8 Å². The molecule has 3 aliphatic rings. The highest BCUT2D eigenvalue weighted by molar-refractivity contribution is 6.21. The summed E-state index contributed by atoms with van der Waals surface area (Å²) in [5.41, 5.74) is -0.0251. The molecule has 15 nitrogen and oxygen atoms in total. The molecular formula is C43H58N2O13. The minimum absolute atomic E-state index is 0.0615. The molecule has 2 amide bonds. The van der Waals surface area contributed by atoms with E-state index in [1.807, 2.05) is 13.8 Å². The van der Waals surface area contributed by atoms with E-state index in [9.17, 15) is 39.6 Å². The van der Waals surface area contributed by atoms with Crippen molar-refractivity contribution in [3.63, 3.8) is 0 Å². The van der Waals surface area contributed by atoms with Crippen molar-refractivity contribution in [2.75, 3.05) is 26.1 Å². The van der Waals surface area contributed by atoms with Crippen molar-refractivity contribution in [1.29, 1.82) is 0 Å². The van der Waals surface area contributed by atoms with Crippen LogP contribution in [0.2, 0.25) is 0 Å². The Morgan fingerprint density at radius 1 is 0.983 bits per heavy atom. The Kier molecular flexibility index (Phi) is 14.3. The van der Waals surface area contributed by atoms with Gasteiger partial charge in [0.05, 0.1) is 41.2 Å². The van der Waals surface area contributed by atoms with Gasteiger partial charge in [-0.05, 0) is 33.8 Å². The van der Waals surface area contributed by atoms with Gasteiger partial charge in [-0.25, -0.2) is 0 Å². The lowest BCUT2D eigenvalue weighted by atomic mass is 9.78. The molecule has 2 aromatic rings. The van der Waals surface area contributed by atoms with E-state index in [1.165, 1.54) is 64.2 Å². The first kappa shape index (κ1) is 45.6. The number of likely N-dealkylation sites (N-methyl/N-ethyl adjacent to an activating group) is 1. The Morgan fingerprint density at radius 3 is 2.24 bits per heavy atom. The third kappa shape index (κ3) is 9.11. The number of phenolic OH excluding ortho intramolecular Hbond substituents is 2. The molecule has 0 aliphatic carbocycles. The molecule has 15 heteroatoms. The monoisotopic (exact) mass is 810 g/mol. The summed E-state index contributed by atoms with van der Waals surface area (Å²) in [4.78, 5) is 54.8. The van der Waals surface area contributed by atoms with Crippen molar-refractivity contribution in [3.8, 4) is 23.0 Å². The fourth-order valence-electron chi connectivity index (χ4n) is 7.28. The van der Waals surface area contributed by atoms with E-state index in [0.717, 1.165) is 0 Å². The number of fused-ring (bicyclic) bond motifs is 14. The number of nitrogens with one attached hydrogen (secondary N) is 1. The maximum absolute atomic E-state index is 14.4. The van der Waals surface area contributed by atoms with Gasteiger partial charge in [0.25, 0.3) is 17.6 Å². The average Bonchev–Trinajstić information content (AvgIpc) is 3.44. The third-order valence-corrected chi connectivity index (χ3v) is 11.3. The van der Waals surface area contributed by atoms with Crippen LogP contribution in [0, 0.1) is 30.6 Å². The molecule has 0 aromatic heterocycles. The number of aliphatic hydroxyl groups is 2. The number of hydrogen-bond donors (Lipinski definition) is 5. The second-order valence-corrected chi connectivity index (χ2v) is 15.8. The van der Waals surface area contributed by atoms with Crippen molar-refractivity contribution in [1.82, 2.24) is 4.90 Å². The first-order chi connectivity index (χ1) is 27.1. The molecule has 5 rings (SSSR count). The van der Waals surface area contributed by atoms with E-state index >= 15 is 0 Å². The van der Waals surface area contributed by atoms with Crippen molar-refractivity contribution in [3.05, 3.63) is 53.3 Å². The Morgan fingerprint density at radius 2 is 1.64 bits per heavy atom. The van der Waals surface area contributed by atoms with Crippen molar-refractivity contribution >= 4 is 40.0 Å². The van der Waals surface area contributed by atoms with Crippen LogP contribution in [0.4, 0.5) is 5.69 Å². The van der Waals surface area contributed by atoms with Gasteiger partial charge >= 0.3 is 11.8 Å². The molecule has 0 saturated heterocycles. The standard InChI is InChI=1S/C43H58N2O13/c1-20(2)45(11)31(47)19-55-30-18-28-38(51)33-32(30)34-40(26(8)37(33)50)58-43(10,41(34)52)56-17-16-29(54-12)23(5)39(57-27(9)46)25(7)36(49)24(6)35(48)21(3)14-13-15-22(4)42(53)44-28/h13-18,20-21,23-25,29,35-36,39,48-51H,19H2,1-12H3,(H,44,53)/b14-13+,17-16+,22-15-/t21-,23+,24+,25+,29-,35-,36+,39+,43-/m0/s1. The topological polar surface area (TPSA) is 211 Å². The smallest absolute Gasteiger partial charge is 0.312 e.